The third kappa shape index (κ3) is 4.29. The molecule has 5 aromatic carbocycles. The van der Waals surface area contributed by atoms with Gasteiger partial charge in [0, 0.05) is 44.9 Å². The van der Waals surface area contributed by atoms with Crippen molar-refractivity contribution >= 4 is 38.1 Å². The molecule has 1 unspecified atom stereocenters. The second-order valence-electron chi connectivity index (χ2n) is 12.8. The second-order valence-corrected chi connectivity index (χ2v) is 12.8. The van der Waals surface area contributed by atoms with E-state index in [1.54, 1.807) is 0 Å². The molecule has 2 heterocycles. The Bertz CT molecular complexity index is 2380. The Balaban J connectivity index is 1.04. The van der Waals surface area contributed by atoms with Crippen molar-refractivity contribution in [3.63, 3.8) is 0 Å². The fourth-order valence-corrected chi connectivity index (χ4v) is 7.69. The van der Waals surface area contributed by atoms with E-state index in [4.69, 9.17) is 4.98 Å². The molecule has 220 valence electrons. The third-order valence-corrected chi connectivity index (χ3v) is 10.1. The Morgan fingerprint density at radius 2 is 1.52 bits per heavy atom. The van der Waals surface area contributed by atoms with Crippen molar-refractivity contribution in [3.8, 4) is 11.3 Å². The van der Waals surface area contributed by atoms with E-state index >= 15 is 0 Å². The molecule has 0 fully saturated rings. The van der Waals surface area contributed by atoms with Gasteiger partial charge in [0.15, 0.2) is 0 Å². The van der Waals surface area contributed by atoms with E-state index in [9.17, 15) is 0 Å². The van der Waals surface area contributed by atoms with E-state index in [2.05, 4.69) is 152 Å². The zero-order valence-electron chi connectivity index (χ0n) is 26.0. The number of hydrogen-bond donors (Lipinski definition) is 0. The SMILES string of the molecule is C=C1C2=C(CC(c3ccc4cc(-c5ccc6ccc7ccccc7c6n5)ccc4c3)C=C2)C2=C(C=CCC2)N1c1ccccc1C. The monoisotopic (exact) mass is 590 g/mol. The molecule has 2 heteroatoms. The molecule has 2 nitrogen and oxygen atoms in total. The minimum Gasteiger partial charge on any atom is -0.310 e. The maximum atomic E-state index is 5.14. The molecule has 0 radical (unpaired) electrons. The van der Waals surface area contributed by atoms with Gasteiger partial charge >= 0.3 is 0 Å². The Hall–Kier alpha value is -5.47. The molecule has 6 aromatic rings. The van der Waals surface area contributed by atoms with E-state index in [0.29, 0.717) is 5.92 Å². The van der Waals surface area contributed by atoms with E-state index in [1.807, 2.05) is 0 Å². The highest BCUT2D eigenvalue weighted by Gasteiger charge is 2.33. The Morgan fingerprint density at radius 3 is 2.46 bits per heavy atom. The fourth-order valence-electron chi connectivity index (χ4n) is 7.69. The molecular weight excluding hydrogens is 556 g/mol. The van der Waals surface area contributed by atoms with E-state index in [-0.39, 0.29) is 0 Å². The van der Waals surface area contributed by atoms with E-state index in [0.717, 1.165) is 41.7 Å². The summed E-state index contributed by atoms with van der Waals surface area (Å²) in [5.74, 6) is 0.329. The standard InChI is InChI=1S/C44H34N2/c1-28-9-3-7-13-42(28)46-29(2)37-23-21-35(27-40(37)39-12-6-8-14-43(39)46)33-17-18-34-26-36(20-19-32(34)25-33)41-24-22-31-16-15-30-10-4-5-11-38(30)44(31)45-41/h3-5,7-11,13-26,35H,2,6,12,27H2,1H3. The minimum absolute atomic E-state index is 0.329. The Labute approximate surface area is 270 Å². The molecule has 0 spiro atoms. The van der Waals surface area contributed by atoms with Gasteiger partial charge in [-0.25, -0.2) is 4.98 Å². The van der Waals surface area contributed by atoms with Crippen LogP contribution in [-0.2, 0) is 0 Å². The van der Waals surface area contributed by atoms with Crippen LogP contribution in [-0.4, -0.2) is 4.98 Å². The quantitative estimate of drug-likeness (QED) is 0.191. The number of fused-ring (bicyclic) bond motifs is 5. The first kappa shape index (κ1) is 26.9. The minimum atomic E-state index is 0.329. The molecule has 1 aliphatic heterocycles. The smallest absolute Gasteiger partial charge is 0.0787 e. The maximum Gasteiger partial charge on any atom is 0.0787 e. The molecule has 0 bridgehead atoms. The van der Waals surface area contributed by atoms with Gasteiger partial charge in [-0.05, 0) is 88.9 Å². The number of nitrogens with zero attached hydrogens (tertiary/aromatic N) is 2. The number of anilines is 1. The molecule has 3 aliphatic rings. The van der Waals surface area contributed by atoms with Crippen molar-refractivity contribution in [1.82, 2.24) is 4.98 Å². The topological polar surface area (TPSA) is 16.1 Å². The number of hydrogen-bond acceptors (Lipinski definition) is 2. The van der Waals surface area contributed by atoms with Crippen molar-refractivity contribution in [2.75, 3.05) is 4.90 Å². The van der Waals surface area contributed by atoms with Crippen LogP contribution in [0.15, 0.2) is 168 Å². The molecule has 0 saturated carbocycles. The van der Waals surface area contributed by atoms with Crippen LogP contribution in [0.2, 0.25) is 0 Å². The number of allylic oxidation sites excluding steroid dienone is 6. The van der Waals surface area contributed by atoms with Crippen LogP contribution in [0.5, 0.6) is 0 Å². The van der Waals surface area contributed by atoms with Crippen molar-refractivity contribution in [2.45, 2.75) is 32.1 Å². The van der Waals surface area contributed by atoms with Gasteiger partial charge in [0.2, 0.25) is 0 Å². The van der Waals surface area contributed by atoms with Crippen LogP contribution in [0.25, 0.3) is 43.7 Å². The average molecular weight is 591 g/mol. The van der Waals surface area contributed by atoms with Crippen LogP contribution in [0.1, 0.15) is 36.3 Å². The first-order valence-electron chi connectivity index (χ1n) is 16.3. The fraction of sp³-hybridized carbons (Fsp3) is 0.114. The van der Waals surface area contributed by atoms with Crippen LogP contribution in [0.3, 0.4) is 0 Å². The number of benzene rings is 5. The van der Waals surface area contributed by atoms with Crippen molar-refractivity contribution in [1.29, 1.82) is 0 Å². The molecule has 0 saturated heterocycles. The zero-order valence-corrected chi connectivity index (χ0v) is 26.0. The maximum absolute atomic E-state index is 5.14. The molecule has 0 amide bonds. The lowest BCUT2D eigenvalue weighted by atomic mass is 9.76. The van der Waals surface area contributed by atoms with Crippen LogP contribution >= 0.6 is 0 Å². The normalized spacial score (nSPS) is 17.7. The number of rotatable bonds is 3. The van der Waals surface area contributed by atoms with Gasteiger partial charge in [0.05, 0.1) is 11.2 Å². The van der Waals surface area contributed by atoms with Gasteiger partial charge < -0.3 is 4.90 Å². The summed E-state index contributed by atoms with van der Waals surface area (Å²) >= 11 is 0. The first-order valence-corrected chi connectivity index (χ1v) is 16.3. The summed E-state index contributed by atoms with van der Waals surface area (Å²) in [4.78, 5) is 7.52. The lowest BCUT2D eigenvalue weighted by Gasteiger charge is -2.40. The van der Waals surface area contributed by atoms with Crippen LogP contribution < -0.4 is 4.90 Å². The Morgan fingerprint density at radius 1 is 0.739 bits per heavy atom. The summed E-state index contributed by atoms with van der Waals surface area (Å²) in [5.41, 5.74) is 13.6. The number of para-hydroxylation sites is 1. The molecule has 2 aliphatic carbocycles. The lowest BCUT2D eigenvalue weighted by molar-refractivity contribution is 0.771. The van der Waals surface area contributed by atoms with Gasteiger partial charge in [-0.1, -0.05) is 116 Å². The van der Waals surface area contributed by atoms with Gasteiger partial charge in [-0.3, -0.25) is 0 Å². The highest BCUT2D eigenvalue weighted by atomic mass is 15.2. The highest BCUT2D eigenvalue weighted by molar-refractivity contribution is 6.05. The number of aryl methyl sites for hydroxylation is 1. The second kappa shape index (κ2) is 10.6. The molecule has 9 rings (SSSR count). The predicted octanol–water partition coefficient (Wildman–Crippen LogP) is 11.5. The van der Waals surface area contributed by atoms with Crippen molar-refractivity contribution < 1.29 is 0 Å². The van der Waals surface area contributed by atoms with Gasteiger partial charge in [0.25, 0.3) is 0 Å². The number of pyridine rings is 1. The number of aromatic nitrogens is 1. The summed E-state index contributed by atoms with van der Waals surface area (Å²) in [6, 6.07) is 39.6. The summed E-state index contributed by atoms with van der Waals surface area (Å²) < 4.78 is 0. The van der Waals surface area contributed by atoms with Crippen LogP contribution in [0.4, 0.5) is 5.69 Å². The summed E-state index contributed by atoms with van der Waals surface area (Å²) in [6.45, 7) is 6.82. The van der Waals surface area contributed by atoms with Crippen molar-refractivity contribution in [3.05, 3.63) is 179 Å². The molecule has 1 atom stereocenters. The zero-order chi connectivity index (χ0) is 30.8. The average Bonchev–Trinajstić information content (AvgIpc) is 3.11. The molecule has 1 aromatic heterocycles. The van der Waals surface area contributed by atoms with Crippen LogP contribution in [0, 0.1) is 6.92 Å². The third-order valence-electron chi connectivity index (χ3n) is 10.1. The Kier molecular flexibility index (Phi) is 6.18. The first-order chi connectivity index (χ1) is 22.6. The summed E-state index contributed by atoms with van der Waals surface area (Å²) in [6.07, 6.45) is 12.5. The summed E-state index contributed by atoms with van der Waals surface area (Å²) in [7, 11) is 0. The van der Waals surface area contributed by atoms with Crippen molar-refractivity contribution in [2.24, 2.45) is 0 Å². The summed E-state index contributed by atoms with van der Waals surface area (Å²) in [5, 5.41) is 6.09. The highest BCUT2D eigenvalue weighted by Crippen LogP contribution is 2.48. The van der Waals surface area contributed by atoms with Gasteiger partial charge in [0.1, 0.15) is 0 Å². The molecule has 46 heavy (non-hydrogen) atoms. The largest absolute Gasteiger partial charge is 0.310 e. The van der Waals surface area contributed by atoms with E-state index < -0.39 is 0 Å². The lowest BCUT2D eigenvalue weighted by Crippen LogP contribution is -2.30. The van der Waals surface area contributed by atoms with Gasteiger partial charge in [-0.2, -0.15) is 0 Å². The molecule has 0 N–H and O–H groups in total. The molecular formula is C44H34N2. The van der Waals surface area contributed by atoms with Gasteiger partial charge in [-0.15, -0.1) is 0 Å². The van der Waals surface area contributed by atoms with E-state index in [1.165, 1.54) is 66.2 Å². The predicted molar refractivity (Wildman–Crippen MR) is 194 cm³/mol.